The van der Waals surface area contributed by atoms with E-state index in [0.717, 1.165) is 37.6 Å². The van der Waals surface area contributed by atoms with Gasteiger partial charge in [-0.2, -0.15) is 10.1 Å². The van der Waals surface area contributed by atoms with Crippen LogP contribution in [0.3, 0.4) is 0 Å². The number of amides is 1. The number of nitrogens with zero attached hydrogens (tertiary/aromatic N) is 5. The molecule has 11 heteroatoms. The van der Waals surface area contributed by atoms with Gasteiger partial charge in [-0.25, -0.2) is 4.98 Å². The average Bonchev–Trinajstić information content (AvgIpc) is 3.35. The number of fused-ring (bicyclic) bond motifs is 1. The lowest BCUT2D eigenvalue weighted by molar-refractivity contribution is -0.111. The first-order valence-electron chi connectivity index (χ1n) is 11.4. The van der Waals surface area contributed by atoms with Crippen LogP contribution in [0.1, 0.15) is 0 Å². The first kappa shape index (κ1) is 24.1. The summed E-state index contributed by atoms with van der Waals surface area (Å²) in [5, 5.41) is 15.0. The van der Waals surface area contributed by atoms with Gasteiger partial charge in [0.1, 0.15) is 0 Å². The third-order valence-electron chi connectivity index (χ3n) is 6.03. The zero-order valence-electron chi connectivity index (χ0n) is 19.6. The Hall–Kier alpha value is -3.66. The van der Waals surface area contributed by atoms with Crippen molar-refractivity contribution in [3.8, 4) is 11.3 Å². The summed E-state index contributed by atoms with van der Waals surface area (Å²) in [6.45, 7) is 7.25. The maximum Gasteiger partial charge on any atom is 0.247 e. The number of anilines is 4. The fourth-order valence-electron chi connectivity index (χ4n) is 4.08. The van der Waals surface area contributed by atoms with Crippen molar-refractivity contribution in [2.45, 2.75) is 0 Å². The fourth-order valence-corrected chi connectivity index (χ4v) is 4.53. The normalized spacial score (nSPS) is 14.1. The van der Waals surface area contributed by atoms with E-state index >= 15 is 0 Å². The summed E-state index contributed by atoms with van der Waals surface area (Å²) in [6.07, 6.45) is 2.85. The minimum Gasteiger partial charge on any atom is -0.368 e. The number of benzene rings is 2. The van der Waals surface area contributed by atoms with E-state index in [1.165, 1.54) is 6.08 Å². The number of aromatic nitrogens is 4. The molecule has 0 aliphatic carbocycles. The smallest absolute Gasteiger partial charge is 0.247 e. The van der Waals surface area contributed by atoms with Crippen LogP contribution in [0.2, 0.25) is 10.0 Å². The Bertz CT molecular complexity index is 1450. The number of carbonyl (C=O) groups is 1. The molecule has 0 atom stereocenters. The molecular formula is C25H24Cl2N8O. The highest BCUT2D eigenvalue weighted by Gasteiger charge is 2.19. The summed E-state index contributed by atoms with van der Waals surface area (Å²) < 4.78 is 0. The molecule has 0 bridgehead atoms. The third kappa shape index (κ3) is 4.99. The number of likely N-dealkylation sites (N-methyl/N-ethyl adjacent to an activating group) is 1. The van der Waals surface area contributed by atoms with E-state index in [9.17, 15) is 4.79 Å². The number of nitrogens with one attached hydrogen (secondary N) is 3. The Balaban J connectivity index is 1.50. The standard InChI is InChI=1S/C25H24Cl2N8O/c1-3-22(36)29-15-4-6-19(26)17(12-15)23-18-14-28-33-24(18)32-25(31-23)30-16-5-7-20(27)21(13-16)35-10-8-34(2)9-11-35/h3-7,12-14H,1,8-11H2,2H3,(H,29,36)(H2,28,30,31,32,33). The van der Waals surface area contributed by atoms with E-state index < -0.39 is 0 Å². The fraction of sp³-hybridized carbons (Fsp3) is 0.200. The molecule has 0 radical (unpaired) electrons. The van der Waals surface area contributed by atoms with Crippen LogP contribution in [-0.4, -0.2) is 64.2 Å². The van der Waals surface area contributed by atoms with Crippen molar-refractivity contribution in [3.63, 3.8) is 0 Å². The van der Waals surface area contributed by atoms with Gasteiger partial charge in [0.05, 0.1) is 33.0 Å². The Kier molecular flexibility index (Phi) is 6.77. The van der Waals surface area contributed by atoms with Gasteiger partial charge in [0.15, 0.2) is 5.65 Å². The molecule has 1 fully saturated rings. The molecule has 36 heavy (non-hydrogen) atoms. The molecule has 184 valence electrons. The number of rotatable bonds is 6. The minimum atomic E-state index is -0.319. The summed E-state index contributed by atoms with van der Waals surface area (Å²) in [4.78, 5) is 25.7. The molecule has 2 aromatic heterocycles. The van der Waals surface area contributed by atoms with Gasteiger partial charge in [0, 0.05) is 43.1 Å². The summed E-state index contributed by atoms with van der Waals surface area (Å²) in [7, 11) is 2.12. The number of hydrogen-bond acceptors (Lipinski definition) is 7. The van der Waals surface area contributed by atoms with E-state index in [4.69, 9.17) is 28.2 Å². The van der Waals surface area contributed by atoms with Crippen LogP contribution in [-0.2, 0) is 4.79 Å². The first-order chi connectivity index (χ1) is 17.4. The van der Waals surface area contributed by atoms with Crippen molar-refractivity contribution < 1.29 is 4.79 Å². The molecule has 3 heterocycles. The first-order valence-corrected chi connectivity index (χ1v) is 12.1. The summed E-state index contributed by atoms with van der Waals surface area (Å²) in [5.74, 6) is 0.0469. The number of H-pyrrole nitrogens is 1. The Morgan fingerprint density at radius 3 is 2.58 bits per heavy atom. The predicted octanol–water partition coefficient (Wildman–Crippen LogP) is 4.95. The van der Waals surface area contributed by atoms with Crippen LogP contribution < -0.4 is 15.5 Å². The minimum absolute atomic E-state index is 0.319. The molecule has 0 saturated carbocycles. The van der Waals surface area contributed by atoms with Gasteiger partial charge in [-0.05, 0) is 49.5 Å². The predicted molar refractivity (Wildman–Crippen MR) is 145 cm³/mol. The molecule has 9 nitrogen and oxygen atoms in total. The molecule has 1 amide bonds. The van der Waals surface area contributed by atoms with E-state index in [1.807, 2.05) is 18.2 Å². The van der Waals surface area contributed by atoms with Crippen LogP contribution in [0.15, 0.2) is 55.3 Å². The average molecular weight is 523 g/mol. The molecule has 5 rings (SSSR count). The summed E-state index contributed by atoms with van der Waals surface area (Å²) in [5.41, 5.74) is 4.09. The zero-order chi connectivity index (χ0) is 25.2. The van der Waals surface area contributed by atoms with Gasteiger partial charge < -0.3 is 20.4 Å². The molecule has 4 aromatic rings. The summed E-state index contributed by atoms with van der Waals surface area (Å²) >= 11 is 13.1. The molecule has 1 saturated heterocycles. The van der Waals surface area contributed by atoms with Gasteiger partial charge in [0.2, 0.25) is 11.9 Å². The lowest BCUT2D eigenvalue weighted by Gasteiger charge is -2.34. The number of carbonyl (C=O) groups excluding carboxylic acids is 1. The number of piperazine rings is 1. The van der Waals surface area contributed by atoms with Crippen molar-refractivity contribution in [2.75, 3.05) is 48.8 Å². The van der Waals surface area contributed by atoms with Crippen molar-refractivity contribution >= 4 is 63.2 Å². The van der Waals surface area contributed by atoms with Crippen molar-refractivity contribution in [1.29, 1.82) is 0 Å². The second kappa shape index (κ2) is 10.1. The SMILES string of the molecule is C=CC(=O)Nc1ccc(Cl)c(-c2nc(Nc3ccc(Cl)c(N4CCN(C)CC4)c3)nc3[nH]ncc23)c1. The highest BCUT2D eigenvalue weighted by atomic mass is 35.5. The highest BCUT2D eigenvalue weighted by molar-refractivity contribution is 6.34. The van der Waals surface area contributed by atoms with Crippen molar-refractivity contribution in [3.05, 3.63) is 65.3 Å². The van der Waals surface area contributed by atoms with Gasteiger partial charge >= 0.3 is 0 Å². The maximum absolute atomic E-state index is 11.8. The highest BCUT2D eigenvalue weighted by Crippen LogP contribution is 2.35. The molecule has 2 aromatic carbocycles. The van der Waals surface area contributed by atoms with Gasteiger partial charge in [0.25, 0.3) is 0 Å². The molecular weight excluding hydrogens is 499 g/mol. The van der Waals surface area contributed by atoms with E-state index in [1.54, 1.807) is 24.4 Å². The molecule has 1 aliphatic heterocycles. The Morgan fingerprint density at radius 1 is 1.06 bits per heavy atom. The Labute approximate surface area is 218 Å². The van der Waals surface area contributed by atoms with Gasteiger partial charge in [-0.3, -0.25) is 9.89 Å². The van der Waals surface area contributed by atoms with Crippen molar-refractivity contribution in [2.24, 2.45) is 0 Å². The van der Waals surface area contributed by atoms with E-state index in [2.05, 4.69) is 49.2 Å². The van der Waals surface area contributed by atoms with E-state index in [-0.39, 0.29) is 5.91 Å². The van der Waals surface area contributed by atoms with Crippen LogP contribution in [0.25, 0.3) is 22.3 Å². The lowest BCUT2D eigenvalue weighted by atomic mass is 10.1. The maximum atomic E-state index is 11.8. The molecule has 3 N–H and O–H groups in total. The topological polar surface area (TPSA) is 102 Å². The Morgan fingerprint density at radius 2 is 1.81 bits per heavy atom. The molecule has 0 spiro atoms. The van der Waals surface area contributed by atoms with Crippen molar-refractivity contribution in [1.82, 2.24) is 25.1 Å². The van der Waals surface area contributed by atoms with Crippen LogP contribution in [0.5, 0.6) is 0 Å². The number of aromatic amines is 1. The second-order valence-electron chi connectivity index (χ2n) is 8.50. The van der Waals surface area contributed by atoms with Gasteiger partial charge in [-0.1, -0.05) is 29.8 Å². The summed E-state index contributed by atoms with van der Waals surface area (Å²) in [6, 6.07) is 10.9. The quantitative estimate of drug-likeness (QED) is 0.308. The monoisotopic (exact) mass is 522 g/mol. The molecule has 1 aliphatic rings. The van der Waals surface area contributed by atoms with E-state index in [0.29, 0.717) is 44.0 Å². The number of halogens is 2. The lowest BCUT2D eigenvalue weighted by Crippen LogP contribution is -2.44. The van der Waals surface area contributed by atoms with Crippen LogP contribution in [0, 0.1) is 0 Å². The number of hydrogen-bond donors (Lipinski definition) is 3. The second-order valence-corrected chi connectivity index (χ2v) is 9.31. The van der Waals surface area contributed by atoms with Crippen LogP contribution in [0.4, 0.5) is 23.0 Å². The molecule has 0 unspecified atom stereocenters. The largest absolute Gasteiger partial charge is 0.368 e. The zero-order valence-corrected chi connectivity index (χ0v) is 21.1. The third-order valence-corrected chi connectivity index (χ3v) is 6.68. The van der Waals surface area contributed by atoms with Crippen LogP contribution >= 0.6 is 23.2 Å². The van der Waals surface area contributed by atoms with Gasteiger partial charge in [-0.15, -0.1) is 0 Å².